The summed E-state index contributed by atoms with van der Waals surface area (Å²) in [5.41, 5.74) is 1.71. The molecule has 0 saturated carbocycles. The van der Waals surface area contributed by atoms with Crippen molar-refractivity contribution in [1.82, 2.24) is 9.78 Å². The third kappa shape index (κ3) is 3.43. The first-order chi connectivity index (χ1) is 9.06. The van der Waals surface area contributed by atoms with Crippen LogP contribution in [0.2, 0.25) is 0 Å². The molecular weight excluding hydrogens is 252 g/mol. The minimum Gasteiger partial charge on any atom is -0.435 e. The number of hydrogen-bond acceptors (Lipinski definition) is 3. The molecule has 0 aliphatic heterocycles. The normalized spacial score (nSPS) is 12.5. The minimum absolute atomic E-state index is 0.00861. The largest absolute Gasteiger partial charge is 0.435 e. The summed E-state index contributed by atoms with van der Waals surface area (Å²) in [6.07, 6.45) is 1.71. The van der Waals surface area contributed by atoms with Crippen LogP contribution in [-0.2, 0) is 7.05 Å². The SMILES string of the molecule is CC(Nc1cccc(OC(F)F)c1)c1ccnn1C. The molecule has 0 saturated heterocycles. The van der Waals surface area contributed by atoms with Crippen LogP contribution in [0.3, 0.4) is 0 Å². The molecule has 0 aliphatic carbocycles. The number of nitrogens with one attached hydrogen (secondary N) is 1. The summed E-state index contributed by atoms with van der Waals surface area (Å²) in [5.74, 6) is 0.136. The predicted octanol–water partition coefficient (Wildman–Crippen LogP) is 3.19. The van der Waals surface area contributed by atoms with E-state index in [2.05, 4.69) is 15.2 Å². The molecule has 1 atom stereocenters. The number of anilines is 1. The highest BCUT2D eigenvalue weighted by atomic mass is 19.3. The first-order valence-electron chi connectivity index (χ1n) is 5.85. The summed E-state index contributed by atoms with van der Waals surface area (Å²) >= 11 is 0. The van der Waals surface area contributed by atoms with E-state index >= 15 is 0 Å². The molecule has 1 aromatic carbocycles. The van der Waals surface area contributed by atoms with Crippen LogP contribution in [0.15, 0.2) is 36.5 Å². The molecule has 0 radical (unpaired) electrons. The van der Waals surface area contributed by atoms with Gasteiger partial charge < -0.3 is 10.1 Å². The molecule has 0 spiro atoms. The van der Waals surface area contributed by atoms with E-state index in [4.69, 9.17) is 0 Å². The lowest BCUT2D eigenvalue weighted by molar-refractivity contribution is -0.0498. The molecule has 19 heavy (non-hydrogen) atoms. The van der Waals surface area contributed by atoms with Crippen molar-refractivity contribution in [3.05, 3.63) is 42.2 Å². The Bertz CT molecular complexity index is 542. The number of benzene rings is 1. The van der Waals surface area contributed by atoms with Crippen LogP contribution in [0.5, 0.6) is 5.75 Å². The zero-order valence-corrected chi connectivity index (χ0v) is 10.7. The maximum atomic E-state index is 12.1. The van der Waals surface area contributed by atoms with E-state index < -0.39 is 6.61 Å². The van der Waals surface area contributed by atoms with Gasteiger partial charge in [-0.15, -0.1) is 0 Å². The van der Waals surface area contributed by atoms with Crippen LogP contribution >= 0.6 is 0 Å². The van der Waals surface area contributed by atoms with E-state index in [1.165, 1.54) is 6.07 Å². The molecule has 1 unspecified atom stereocenters. The summed E-state index contributed by atoms with van der Waals surface area (Å²) in [7, 11) is 1.85. The van der Waals surface area contributed by atoms with Crippen LogP contribution in [-0.4, -0.2) is 16.4 Å². The summed E-state index contributed by atoms with van der Waals surface area (Å²) in [5, 5.41) is 7.30. The van der Waals surface area contributed by atoms with Crippen LogP contribution in [0.1, 0.15) is 18.7 Å². The number of rotatable bonds is 5. The Morgan fingerprint density at radius 1 is 1.32 bits per heavy atom. The molecule has 0 amide bonds. The molecule has 4 nitrogen and oxygen atoms in total. The molecule has 102 valence electrons. The average molecular weight is 267 g/mol. The van der Waals surface area contributed by atoms with Gasteiger partial charge in [-0.1, -0.05) is 6.07 Å². The molecule has 1 N–H and O–H groups in total. The van der Waals surface area contributed by atoms with Crippen LogP contribution in [0.4, 0.5) is 14.5 Å². The predicted molar refractivity (Wildman–Crippen MR) is 68.3 cm³/mol. The highest BCUT2D eigenvalue weighted by Crippen LogP contribution is 2.23. The fourth-order valence-corrected chi connectivity index (χ4v) is 1.89. The molecule has 1 heterocycles. The highest BCUT2D eigenvalue weighted by molar-refractivity contribution is 5.49. The number of halogens is 2. The lowest BCUT2D eigenvalue weighted by Crippen LogP contribution is -2.11. The number of nitrogens with zero attached hydrogens (tertiary/aromatic N) is 2. The third-order valence-electron chi connectivity index (χ3n) is 2.74. The molecular formula is C13H15F2N3O. The van der Waals surface area contributed by atoms with Gasteiger partial charge in [0.05, 0.1) is 11.7 Å². The first kappa shape index (κ1) is 13.3. The second-order valence-corrected chi connectivity index (χ2v) is 4.15. The zero-order valence-electron chi connectivity index (χ0n) is 10.7. The number of ether oxygens (including phenoxy) is 1. The quantitative estimate of drug-likeness (QED) is 0.904. The fraction of sp³-hybridized carbons (Fsp3) is 0.308. The maximum Gasteiger partial charge on any atom is 0.387 e. The Morgan fingerprint density at radius 2 is 2.11 bits per heavy atom. The van der Waals surface area contributed by atoms with Crippen molar-refractivity contribution in [2.24, 2.45) is 7.05 Å². The van der Waals surface area contributed by atoms with E-state index in [1.54, 1.807) is 29.1 Å². The van der Waals surface area contributed by atoms with Gasteiger partial charge in [0.15, 0.2) is 0 Å². The van der Waals surface area contributed by atoms with Crippen LogP contribution < -0.4 is 10.1 Å². The molecule has 0 fully saturated rings. The van der Waals surface area contributed by atoms with Crippen LogP contribution in [0.25, 0.3) is 0 Å². The summed E-state index contributed by atoms with van der Waals surface area (Å²) in [6.45, 7) is -0.845. The highest BCUT2D eigenvalue weighted by Gasteiger charge is 2.10. The van der Waals surface area contributed by atoms with Gasteiger partial charge in [0, 0.05) is 25.0 Å². The van der Waals surface area contributed by atoms with Crippen molar-refractivity contribution >= 4 is 5.69 Å². The lowest BCUT2D eigenvalue weighted by Gasteiger charge is -2.16. The Labute approximate surface area is 110 Å². The topological polar surface area (TPSA) is 39.1 Å². The van der Waals surface area contributed by atoms with E-state index in [0.717, 1.165) is 5.69 Å². The summed E-state index contributed by atoms with van der Waals surface area (Å²) in [4.78, 5) is 0. The number of aryl methyl sites for hydroxylation is 1. The number of hydrogen-bond donors (Lipinski definition) is 1. The van der Waals surface area contributed by atoms with Gasteiger partial charge in [-0.25, -0.2) is 0 Å². The Hall–Kier alpha value is -2.11. The second-order valence-electron chi connectivity index (χ2n) is 4.15. The van der Waals surface area contributed by atoms with Crippen molar-refractivity contribution in [3.63, 3.8) is 0 Å². The molecule has 0 bridgehead atoms. The van der Waals surface area contributed by atoms with Gasteiger partial charge in [0.1, 0.15) is 5.75 Å². The average Bonchev–Trinajstić information content (AvgIpc) is 2.75. The molecule has 1 aromatic heterocycles. The van der Waals surface area contributed by atoms with E-state index in [1.807, 2.05) is 20.0 Å². The number of aromatic nitrogens is 2. The molecule has 6 heteroatoms. The van der Waals surface area contributed by atoms with Gasteiger partial charge >= 0.3 is 6.61 Å². The van der Waals surface area contributed by atoms with Gasteiger partial charge in [0.25, 0.3) is 0 Å². The van der Waals surface area contributed by atoms with Gasteiger partial charge in [0.2, 0.25) is 0 Å². The Morgan fingerprint density at radius 3 is 2.74 bits per heavy atom. The lowest BCUT2D eigenvalue weighted by atomic mass is 10.2. The van der Waals surface area contributed by atoms with E-state index in [-0.39, 0.29) is 11.8 Å². The van der Waals surface area contributed by atoms with Crippen molar-refractivity contribution < 1.29 is 13.5 Å². The minimum atomic E-state index is -2.82. The van der Waals surface area contributed by atoms with Crippen LogP contribution in [0, 0.1) is 0 Å². The van der Waals surface area contributed by atoms with Crippen molar-refractivity contribution in [1.29, 1.82) is 0 Å². The third-order valence-corrected chi connectivity index (χ3v) is 2.74. The fourth-order valence-electron chi connectivity index (χ4n) is 1.89. The van der Waals surface area contributed by atoms with E-state index in [9.17, 15) is 8.78 Å². The smallest absolute Gasteiger partial charge is 0.387 e. The van der Waals surface area contributed by atoms with Crippen molar-refractivity contribution in [2.45, 2.75) is 19.6 Å². The van der Waals surface area contributed by atoms with Gasteiger partial charge in [-0.05, 0) is 25.1 Å². The monoisotopic (exact) mass is 267 g/mol. The molecule has 2 rings (SSSR count). The maximum absolute atomic E-state index is 12.1. The van der Waals surface area contributed by atoms with Crippen molar-refractivity contribution in [3.8, 4) is 5.75 Å². The summed E-state index contributed by atoms with van der Waals surface area (Å²) in [6, 6.07) is 8.40. The first-order valence-corrected chi connectivity index (χ1v) is 5.85. The second kappa shape index (κ2) is 5.69. The van der Waals surface area contributed by atoms with Crippen molar-refractivity contribution in [2.75, 3.05) is 5.32 Å². The Balaban J connectivity index is 2.09. The standard InChI is InChI=1S/C13H15F2N3O/c1-9(12-6-7-16-18(12)2)17-10-4-3-5-11(8-10)19-13(14)15/h3-9,13,17H,1-2H3. The van der Waals surface area contributed by atoms with Gasteiger partial charge in [-0.2, -0.15) is 13.9 Å². The van der Waals surface area contributed by atoms with E-state index in [0.29, 0.717) is 5.69 Å². The number of alkyl halides is 2. The molecule has 2 aromatic rings. The van der Waals surface area contributed by atoms with Gasteiger partial charge in [-0.3, -0.25) is 4.68 Å². The summed E-state index contributed by atoms with van der Waals surface area (Å²) < 4.78 is 30.4. The zero-order chi connectivity index (χ0) is 13.8. The molecule has 0 aliphatic rings. The Kier molecular flexibility index (Phi) is 3.99.